The first kappa shape index (κ1) is 12.1. The Bertz CT molecular complexity index is 189. The van der Waals surface area contributed by atoms with E-state index in [2.05, 4.69) is 10.2 Å². The van der Waals surface area contributed by atoms with Crippen molar-refractivity contribution in [2.75, 3.05) is 6.54 Å². The molecule has 1 rings (SSSR count). The molecule has 0 spiro atoms. The monoisotopic (exact) mass is 202 g/mol. The summed E-state index contributed by atoms with van der Waals surface area (Å²) in [5.41, 5.74) is 0. The zero-order valence-corrected chi connectivity index (χ0v) is 8.69. The third kappa shape index (κ3) is 3.66. The summed E-state index contributed by atoms with van der Waals surface area (Å²) in [6.07, 6.45) is 1.48. The van der Waals surface area contributed by atoms with Gasteiger partial charge in [0.15, 0.2) is 0 Å². The molecule has 0 radical (unpaired) electrons. The van der Waals surface area contributed by atoms with E-state index in [1.54, 1.807) is 0 Å². The van der Waals surface area contributed by atoms with Crippen LogP contribution in [0.1, 0.15) is 15.7 Å². The quantitative estimate of drug-likeness (QED) is 0.364. The number of rotatable bonds is 2. The van der Waals surface area contributed by atoms with Crippen LogP contribution in [0.3, 0.4) is 0 Å². The molecule has 1 N–H and O–H groups in total. The van der Waals surface area contributed by atoms with Gasteiger partial charge in [-0.25, -0.2) is 4.84 Å². The van der Waals surface area contributed by atoms with E-state index in [0.29, 0.717) is 6.42 Å². The molecular formula is C5H10CaN2O4. The minimum absolute atomic E-state index is 0. The fourth-order valence-corrected chi connectivity index (χ4v) is 1.02. The molecule has 0 amide bonds. The van der Waals surface area contributed by atoms with Gasteiger partial charge in [0.05, 0.1) is 6.04 Å². The molecule has 6 nitrogen and oxygen atoms in total. The summed E-state index contributed by atoms with van der Waals surface area (Å²) in [4.78, 5) is 24.2. The van der Waals surface area contributed by atoms with Crippen LogP contribution in [-0.4, -0.2) is 61.4 Å². The SMILES string of the molecule is O=C(O[N+](=O)[O-])[C@@H]1CCCN1.[Ca+2].[H-].[H-]. The van der Waals surface area contributed by atoms with Crippen molar-refractivity contribution >= 4 is 43.7 Å². The van der Waals surface area contributed by atoms with Crippen LogP contribution in [0.2, 0.25) is 0 Å². The Kier molecular flexibility index (Phi) is 5.73. The molecule has 1 atom stereocenters. The first-order valence-corrected chi connectivity index (χ1v) is 3.30. The average molecular weight is 202 g/mol. The molecule has 1 aliphatic rings. The van der Waals surface area contributed by atoms with Crippen LogP contribution in [0.15, 0.2) is 0 Å². The summed E-state index contributed by atoms with van der Waals surface area (Å²) < 4.78 is 0. The molecule has 0 aliphatic carbocycles. The van der Waals surface area contributed by atoms with Gasteiger partial charge in [0.2, 0.25) is 0 Å². The fraction of sp³-hybridized carbons (Fsp3) is 0.800. The van der Waals surface area contributed by atoms with E-state index in [-0.39, 0.29) is 40.6 Å². The maximum Gasteiger partial charge on any atom is 2.00 e. The van der Waals surface area contributed by atoms with E-state index < -0.39 is 17.1 Å². The van der Waals surface area contributed by atoms with Gasteiger partial charge in [-0.05, 0) is 19.4 Å². The summed E-state index contributed by atoms with van der Waals surface area (Å²) in [6.45, 7) is 0.720. The molecule has 0 saturated carbocycles. The van der Waals surface area contributed by atoms with E-state index in [0.717, 1.165) is 13.0 Å². The number of nitrogens with one attached hydrogen (secondary N) is 1. The van der Waals surface area contributed by atoms with Crippen molar-refractivity contribution in [2.45, 2.75) is 18.9 Å². The van der Waals surface area contributed by atoms with Gasteiger partial charge in [-0.15, -0.1) is 10.1 Å². The molecule has 0 bridgehead atoms. The average Bonchev–Trinajstić information content (AvgIpc) is 2.35. The summed E-state index contributed by atoms with van der Waals surface area (Å²) in [7, 11) is 0. The molecule has 66 valence electrons. The molecule has 12 heavy (non-hydrogen) atoms. The molecule has 0 unspecified atom stereocenters. The minimum Gasteiger partial charge on any atom is -1.00 e. The first-order chi connectivity index (χ1) is 5.20. The van der Waals surface area contributed by atoms with E-state index in [1.165, 1.54) is 0 Å². The van der Waals surface area contributed by atoms with E-state index in [4.69, 9.17) is 0 Å². The van der Waals surface area contributed by atoms with E-state index in [1.807, 2.05) is 0 Å². The smallest absolute Gasteiger partial charge is 1.00 e. The molecule has 0 aromatic rings. The van der Waals surface area contributed by atoms with E-state index in [9.17, 15) is 14.9 Å². The topological polar surface area (TPSA) is 81.5 Å². The second-order valence-electron chi connectivity index (χ2n) is 2.28. The zero-order chi connectivity index (χ0) is 8.27. The minimum atomic E-state index is -1.08. The van der Waals surface area contributed by atoms with Crippen molar-refractivity contribution in [2.24, 2.45) is 0 Å². The summed E-state index contributed by atoms with van der Waals surface area (Å²) in [5, 5.41) is 11.4. The number of hydrogen-bond acceptors (Lipinski definition) is 5. The predicted octanol–water partition coefficient (Wildman–Crippen LogP) is -0.683. The summed E-state index contributed by atoms with van der Waals surface area (Å²) in [6, 6.07) is -0.486. The van der Waals surface area contributed by atoms with Gasteiger partial charge in [0.25, 0.3) is 0 Å². The van der Waals surface area contributed by atoms with Crippen LogP contribution in [-0.2, 0) is 9.63 Å². The second-order valence-corrected chi connectivity index (χ2v) is 2.28. The maximum absolute atomic E-state index is 10.7. The third-order valence-corrected chi connectivity index (χ3v) is 1.51. The van der Waals surface area contributed by atoms with Gasteiger partial charge in [-0.2, -0.15) is 0 Å². The molecule has 0 aromatic carbocycles. The van der Waals surface area contributed by atoms with Gasteiger partial charge in [0, 0.05) is 0 Å². The van der Waals surface area contributed by atoms with Crippen molar-refractivity contribution in [1.82, 2.24) is 5.32 Å². The van der Waals surface area contributed by atoms with Crippen molar-refractivity contribution in [3.63, 3.8) is 0 Å². The normalized spacial score (nSPS) is 21.2. The van der Waals surface area contributed by atoms with Gasteiger partial charge in [-0.3, -0.25) is 4.79 Å². The molecular weight excluding hydrogens is 192 g/mol. The van der Waals surface area contributed by atoms with Crippen LogP contribution >= 0.6 is 0 Å². The number of carbonyl (C=O) groups is 1. The number of carbonyl (C=O) groups excluding carboxylic acids is 1. The van der Waals surface area contributed by atoms with Crippen LogP contribution in [0.25, 0.3) is 0 Å². The Morgan fingerprint density at radius 2 is 2.42 bits per heavy atom. The largest absolute Gasteiger partial charge is 2.00 e. The van der Waals surface area contributed by atoms with Gasteiger partial charge in [0.1, 0.15) is 0 Å². The maximum atomic E-state index is 10.7. The van der Waals surface area contributed by atoms with Crippen LogP contribution in [0.4, 0.5) is 0 Å². The van der Waals surface area contributed by atoms with Crippen molar-refractivity contribution in [3.8, 4) is 0 Å². The van der Waals surface area contributed by atoms with Crippen molar-refractivity contribution in [3.05, 3.63) is 10.1 Å². The first-order valence-electron chi connectivity index (χ1n) is 3.30. The zero-order valence-electron chi connectivity index (χ0n) is 8.49. The number of nitrogens with zero attached hydrogens (tertiary/aromatic N) is 1. The molecule has 1 heterocycles. The predicted molar refractivity (Wildman–Crippen MR) is 42.1 cm³/mol. The third-order valence-electron chi connectivity index (χ3n) is 1.51. The molecule has 1 aliphatic heterocycles. The molecule has 0 aromatic heterocycles. The van der Waals surface area contributed by atoms with Gasteiger partial charge >= 0.3 is 48.8 Å². The van der Waals surface area contributed by atoms with Crippen LogP contribution in [0.5, 0.6) is 0 Å². The van der Waals surface area contributed by atoms with E-state index >= 15 is 0 Å². The Morgan fingerprint density at radius 1 is 1.75 bits per heavy atom. The Balaban J connectivity index is -0.000000403. The standard InChI is InChI=1S/C5H8N2O4.Ca.2H/c8-5(11-7(9)10)4-2-1-3-6-4;;;/h4,6H,1-3H2;;;/q;+2;2*-1/t4-;;;/m0.../s1. The van der Waals surface area contributed by atoms with Crippen molar-refractivity contribution in [1.29, 1.82) is 0 Å². The number of hydrogen-bond donors (Lipinski definition) is 1. The Morgan fingerprint density at radius 3 is 2.83 bits per heavy atom. The molecule has 1 fully saturated rings. The van der Waals surface area contributed by atoms with Gasteiger partial charge < -0.3 is 8.17 Å². The van der Waals surface area contributed by atoms with Crippen molar-refractivity contribution < 1.29 is 17.6 Å². The summed E-state index contributed by atoms with van der Waals surface area (Å²) >= 11 is 0. The fourth-order valence-electron chi connectivity index (χ4n) is 1.02. The van der Waals surface area contributed by atoms with Crippen LogP contribution < -0.4 is 5.32 Å². The Labute approximate surface area is 102 Å². The second kappa shape index (κ2) is 5.69. The molecule has 7 heteroatoms. The van der Waals surface area contributed by atoms with Gasteiger partial charge in [-0.1, -0.05) is 0 Å². The Hall–Kier alpha value is 0.0897. The van der Waals surface area contributed by atoms with Crippen LogP contribution in [0, 0.1) is 10.1 Å². The molecule has 1 saturated heterocycles. The summed E-state index contributed by atoms with van der Waals surface area (Å²) in [5.74, 6) is -0.799.